The van der Waals surface area contributed by atoms with Crippen molar-refractivity contribution in [3.63, 3.8) is 0 Å². The van der Waals surface area contributed by atoms with Crippen molar-refractivity contribution < 1.29 is 48.3 Å². The number of anilines is 4. The summed E-state index contributed by atoms with van der Waals surface area (Å²) in [7, 11) is 4.81. The first-order chi connectivity index (χ1) is 24.1. The first-order valence-electron chi connectivity index (χ1n) is 15.7. The molecule has 1 saturated carbocycles. The summed E-state index contributed by atoms with van der Waals surface area (Å²) >= 11 is 0. The predicted octanol–water partition coefficient (Wildman–Crippen LogP) is 1.23. The maximum absolute atomic E-state index is 13.0. The smallest absolute Gasteiger partial charge is 0.331 e. The molecule has 2 aromatic carbocycles. The Morgan fingerprint density at radius 2 is 0.900 bits per heavy atom. The Morgan fingerprint density at radius 1 is 0.560 bits per heavy atom. The van der Waals surface area contributed by atoms with E-state index in [1.54, 1.807) is 36.4 Å². The highest BCUT2D eigenvalue weighted by Gasteiger charge is 2.54. The van der Waals surface area contributed by atoms with Crippen LogP contribution < -0.4 is 21.3 Å². The molecule has 7 rings (SSSR count). The molecular formula is C34H34N6O10. The van der Waals surface area contributed by atoms with Crippen LogP contribution in [0.3, 0.4) is 0 Å². The van der Waals surface area contributed by atoms with Crippen LogP contribution in [0.4, 0.5) is 22.7 Å². The van der Waals surface area contributed by atoms with Gasteiger partial charge in [-0.05, 0) is 24.3 Å². The molecule has 260 valence electrons. The van der Waals surface area contributed by atoms with Gasteiger partial charge < -0.3 is 50.4 Å². The van der Waals surface area contributed by atoms with E-state index < -0.39 is 72.1 Å². The van der Waals surface area contributed by atoms with Crippen molar-refractivity contribution in [3.8, 4) is 0 Å². The van der Waals surface area contributed by atoms with E-state index in [2.05, 4.69) is 31.2 Å². The molecule has 3 aliphatic rings. The molecule has 2 aromatic heterocycles. The number of benzene rings is 2. The average molecular weight is 687 g/mol. The Kier molecular flexibility index (Phi) is 8.27. The van der Waals surface area contributed by atoms with Crippen LogP contribution in [-0.4, -0.2) is 109 Å². The van der Waals surface area contributed by atoms with E-state index in [0.717, 1.165) is 0 Å². The second-order valence-corrected chi connectivity index (χ2v) is 12.2. The topological polar surface area (TPSA) is 220 Å². The van der Waals surface area contributed by atoms with E-state index >= 15 is 0 Å². The number of aliphatic hydroxyl groups excluding tert-OH is 2. The number of rotatable bonds is 6. The summed E-state index contributed by atoms with van der Waals surface area (Å²) < 4.78 is 20.0. The number of ether oxygens (including phenoxy) is 4. The molecule has 4 heterocycles. The second kappa shape index (κ2) is 12.6. The van der Waals surface area contributed by atoms with Gasteiger partial charge >= 0.3 is 23.9 Å². The van der Waals surface area contributed by atoms with Crippen LogP contribution >= 0.6 is 0 Å². The Bertz CT molecular complexity index is 1910. The third kappa shape index (κ3) is 4.97. The molecule has 4 aromatic rings. The Balaban J connectivity index is 1.32. The lowest BCUT2D eigenvalue weighted by molar-refractivity contribution is -0.148. The number of nitrogens with zero attached hydrogens (tertiary/aromatic N) is 2. The normalized spacial score (nSPS) is 26.4. The molecule has 0 radical (unpaired) electrons. The van der Waals surface area contributed by atoms with E-state index in [1.165, 1.54) is 40.8 Å². The molecule has 4 unspecified atom stereocenters. The average Bonchev–Trinajstić information content (AvgIpc) is 3.43. The number of aromatic nitrogens is 2. The zero-order valence-corrected chi connectivity index (χ0v) is 27.3. The van der Waals surface area contributed by atoms with Gasteiger partial charge in [-0.15, -0.1) is 0 Å². The third-order valence-corrected chi connectivity index (χ3v) is 9.75. The van der Waals surface area contributed by atoms with Gasteiger partial charge in [-0.3, -0.25) is 9.97 Å². The number of hydrogen-bond donors (Lipinski definition) is 6. The number of nitrogens with one attached hydrogen (secondary N) is 4. The lowest BCUT2D eigenvalue weighted by Crippen LogP contribution is -2.53. The molecular weight excluding hydrogens is 652 g/mol. The lowest BCUT2D eigenvalue weighted by atomic mass is 9.63. The van der Waals surface area contributed by atoms with Crippen LogP contribution in [0.1, 0.15) is 23.0 Å². The Hall–Kier alpha value is -5.74. The molecule has 6 N–H and O–H groups in total. The van der Waals surface area contributed by atoms with Gasteiger partial charge in [0.15, 0.2) is 24.2 Å². The van der Waals surface area contributed by atoms with Gasteiger partial charge in [-0.2, -0.15) is 0 Å². The molecule has 50 heavy (non-hydrogen) atoms. The van der Waals surface area contributed by atoms with Crippen LogP contribution in [0, 0.1) is 0 Å². The van der Waals surface area contributed by atoms with Crippen molar-refractivity contribution in [1.29, 1.82) is 0 Å². The maximum atomic E-state index is 13.0. The minimum absolute atomic E-state index is 0.368. The fourth-order valence-corrected chi connectivity index (χ4v) is 7.28. The van der Waals surface area contributed by atoms with Gasteiger partial charge in [0.1, 0.15) is 0 Å². The van der Waals surface area contributed by atoms with Gasteiger partial charge in [0, 0.05) is 57.5 Å². The number of methoxy groups -OCH3 is 4. The summed E-state index contributed by atoms with van der Waals surface area (Å²) in [5.41, 5.74) is 3.49. The fraction of sp³-hybridized carbons (Fsp3) is 0.353. The molecule has 0 bridgehead atoms. The van der Waals surface area contributed by atoms with Gasteiger partial charge in [0.2, 0.25) is 0 Å². The number of pyridine rings is 2. The quantitative estimate of drug-likeness (QED) is 0.124. The molecule has 1 fully saturated rings. The molecule has 16 nitrogen and oxygen atoms in total. The van der Waals surface area contributed by atoms with Crippen molar-refractivity contribution in [1.82, 2.24) is 9.97 Å². The summed E-state index contributed by atoms with van der Waals surface area (Å²) in [5, 5.41) is 37.3. The van der Waals surface area contributed by atoms with Gasteiger partial charge in [-0.1, -0.05) is 12.1 Å². The van der Waals surface area contributed by atoms with Crippen molar-refractivity contribution >= 4 is 68.4 Å². The minimum Gasteiger partial charge on any atom is -0.467 e. The lowest BCUT2D eigenvalue weighted by Gasteiger charge is -2.48. The van der Waals surface area contributed by atoms with Crippen LogP contribution in [0.2, 0.25) is 0 Å². The first-order valence-corrected chi connectivity index (χ1v) is 15.7. The standard InChI is InChI=1S/C34H34N6O10/c1-47-31(43)25-27(33(45)49-3)39-23-13(11-35-15-7-5-9-17(37-25)21(15)23)19-29(41)20(30(19)42)14-12-36-16-8-6-10-18-22(16)24(14)40-28(34(46)50-4)26(38-18)32(44)48-2/h5-12,19-20,25-30,37-42H,1-4H3. The maximum Gasteiger partial charge on any atom is 0.331 e. The zero-order chi connectivity index (χ0) is 35.4. The van der Waals surface area contributed by atoms with Crippen LogP contribution in [0.5, 0.6) is 0 Å². The van der Waals surface area contributed by atoms with Crippen molar-refractivity contribution in [2.45, 2.75) is 48.2 Å². The number of hydrogen-bond acceptors (Lipinski definition) is 16. The highest BCUT2D eigenvalue weighted by atomic mass is 16.5. The van der Waals surface area contributed by atoms with Crippen molar-refractivity contribution in [2.75, 3.05) is 49.7 Å². The van der Waals surface area contributed by atoms with E-state index in [4.69, 9.17) is 18.9 Å². The van der Waals surface area contributed by atoms with Crippen molar-refractivity contribution in [3.05, 3.63) is 59.9 Å². The molecule has 4 atom stereocenters. The number of esters is 4. The largest absolute Gasteiger partial charge is 0.467 e. The SMILES string of the molecule is COC(=O)C1Nc2cccc3ncc(C4C(O)C(c5cnc6cccc7c6c5NC(C(=O)OC)C(C(=O)OC)N7)C4O)c(c23)NC1C(=O)OC. The highest BCUT2D eigenvalue weighted by molar-refractivity contribution is 6.08. The molecule has 16 heteroatoms. The molecule has 0 amide bonds. The van der Waals surface area contributed by atoms with Crippen LogP contribution in [-0.2, 0) is 38.1 Å². The number of carbonyl (C=O) groups excluding carboxylic acids is 4. The van der Waals surface area contributed by atoms with Crippen LogP contribution in [0.15, 0.2) is 48.8 Å². The fourth-order valence-electron chi connectivity index (χ4n) is 7.28. The predicted molar refractivity (Wildman–Crippen MR) is 179 cm³/mol. The highest BCUT2D eigenvalue weighted by Crippen LogP contribution is 2.54. The molecule has 2 aliphatic heterocycles. The molecule has 0 saturated heterocycles. The number of carbonyl (C=O) groups is 4. The Morgan fingerprint density at radius 3 is 1.24 bits per heavy atom. The molecule has 1 aliphatic carbocycles. The minimum atomic E-state index is -1.25. The monoisotopic (exact) mass is 686 g/mol. The zero-order valence-electron chi connectivity index (χ0n) is 27.3. The van der Waals surface area contributed by atoms with Gasteiger partial charge in [0.05, 0.1) is 63.1 Å². The van der Waals surface area contributed by atoms with Crippen LogP contribution in [0.25, 0.3) is 21.8 Å². The van der Waals surface area contributed by atoms with Crippen molar-refractivity contribution in [2.24, 2.45) is 0 Å². The molecule has 0 spiro atoms. The summed E-state index contributed by atoms with van der Waals surface area (Å²) in [6.45, 7) is 0. The second-order valence-electron chi connectivity index (χ2n) is 12.2. The Labute approximate surface area is 284 Å². The summed E-state index contributed by atoms with van der Waals surface area (Å²) in [4.78, 5) is 61.0. The van der Waals surface area contributed by atoms with Gasteiger partial charge in [0.25, 0.3) is 0 Å². The summed E-state index contributed by atoms with van der Waals surface area (Å²) in [5.74, 6) is -4.79. The van der Waals surface area contributed by atoms with E-state index in [-0.39, 0.29) is 0 Å². The van der Waals surface area contributed by atoms with E-state index in [0.29, 0.717) is 55.7 Å². The third-order valence-electron chi connectivity index (χ3n) is 9.75. The number of aliphatic hydroxyl groups is 2. The van der Waals surface area contributed by atoms with E-state index in [1.807, 2.05) is 0 Å². The van der Waals surface area contributed by atoms with E-state index in [9.17, 15) is 29.4 Å². The van der Waals surface area contributed by atoms with Gasteiger partial charge in [-0.25, -0.2) is 19.2 Å². The summed E-state index contributed by atoms with van der Waals surface area (Å²) in [6, 6.07) is 5.54. The summed E-state index contributed by atoms with van der Waals surface area (Å²) in [6.07, 6.45) is 0.563. The first kappa shape index (κ1) is 32.8.